The second-order valence-corrected chi connectivity index (χ2v) is 14.7. The van der Waals surface area contributed by atoms with Gasteiger partial charge in [0.05, 0.1) is 24.0 Å². The largest absolute Gasteiger partial charge is 0.463 e. The number of esters is 1. The number of nitrogens with one attached hydrogen (secondary N) is 1. The minimum absolute atomic E-state index is 0.0528. The summed E-state index contributed by atoms with van der Waals surface area (Å²) >= 11 is 3.76. The van der Waals surface area contributed by atoms with E-state index < -0.39 is 47.5 Å². The molecule has 1 spiro atoms. The molecule has 0 aliphatic carbocycles. The fourth-order valence-corrected chi connectivity index (χ4v) is 8.96. The number of hydrogen-bond donors (Lipinski definition) is 2. The van der Waals surface area contributed by atoms with Crippen LogP contribution in [0, 0.1) is 11.8 Å². The lowest BCUT2D eigenvalue weighted by Gasteiger charge is -2.37. The molecule has 7 atom stereocenters. The molecule has 2 aromatic rings. The lowest BCUT2D eigenvalue weighted by Crippen LogP contribution is -2.57. The number of halogens is 1. The minimum Gasteiger partial charge on any atom is -0.463 e. The van der Waals surface area contributed by atoms with Crippen LogP contribution in [0.25, 0.3) is 0 Å². The molecule has 280 valence electrons. The number of nitrogens with zero attached hydrogens (tertiary/aromatic N) is 3. The van der Waals surface area contributed by atoms with Gasteiger partial charge in [0.1, 0.15) is 18.2 Å². The van der Waals surface area contributed by atoms with E-state index in [0.29, 0.717) is 31.4 Å². The smallest absolute Gasteiger partial charge is 0.306 e. The Hall–Kier alpha value is -4.00. The average molecular weight is 780 g/mol. The normalized spacial score (nSPS) is 25.0. The molecule has 11 nitrogen and oxygen atoms in total. The van der Waals surface area contributed by atoms with Crippen molar-refractivity contribution in [3.05, 3.63) is 85.5 Å². The Kier molecular flexibility index (Phi) is 13.3. The zero-order chi connectivity index (χ0) is 37.4. The van der Waals surface area contributed by atoms with Crippen molar-refractivity contribution in [1.29, 1.82) is 0 Å². The molecule has 3 aliphatic heterocycles. The van der Waals surface area contributed by atoms with Gasteiger partial charge in [-0.2, -0.15) is 0 Å². The van der Waals surface area contributed by atoms with E-state index in [-0.39, 0.29) is 49.4 Å². The SMILES string of the molecule is C=CCCC(=O)OC[C@@H](NC(=O)[C@H]1[C@@H]2O[C@@]3(CC2Br)[C@@H]1C(=O)N(CCCCO)[C@@H]3C(=O)N(CC=C)c1ccc(N(CC)CC)cc1)c1ccccc1. The Labute approximate surface area is 315 Å². The minimum atomic E-state index is -1.27. The van der Waals surface area contributed by atoms with Crippen LogP contribution in [0.5, 0.6) is 0 Å². The molecule has 12 heteroatoms. The molecule has 3 saturated heterocycles. The molecule has 3 amide bonds. The van der Waals surface area contributed by atoms with E-state index in [1.807, 2.05) is 54.6 Å². The summed E-state index contributed by atoms with van der Waals surface area (Å²) in [5, 5.41) is 12.7. The molecule has 3 heterocycles. The van der Waals surface area contributed by atoms with Gasteiger partial charge >= 0.3 is 5.97 Å². The number of rotatable bonds is 19. The van der Waals surface area contributed by atoms with E-state index in [4.69, 9.17) is 9.47 Å². The molecule has 5 rings (SSSR count). The van der Waals surface area contributed by atoms with Gasteiger partial charge in [0.25, 0.3) is 5.91 Å². The number of unbranched alkanes of at least 4 members (excludes halogenated alkanes) is 1. The first-order valence-corrected chi connectivity index (χ1v) is 19.2. The summed E-state index contributed by atoms with van der Waals surface area (Å²) in [4.78, 5) is 61.5. The van der Waals surface area contributed by atoms with Gasteiger partial charge < -0.3 is 34.6 Å². The number of likely N-dealkylation sites (tertiary alicyclic amines) is 1. The maximum Gasteiger partial charge on any atom is 0.306 e. The topological polar surface area (TPSA) is 129 Å². The Morgan fingerprint density at radius 1 is 1.08 bits per heavy atom. The number of benzene rings is 2. The Morgan fingerprint density at radius 3 is 2.40 bits per heavy atom. The van der Waals surface area contributed by atoms with Gasteiger partial charge in [-0.1, -0.05) is 58.4 Å². The van der Waals surface area contributed by atoms with E-state index in [1.165, 1.54) is 0 Å². The first-order chi connectivity index (χ1) is 25.1. The lowest BCUT2D eigenvalue weighted by molar-refractivity contribution is -0.145. The van der Waals surface area contributed by atoms with Gasteiger partial charge in [-0.25, -0.2) is 0 Å². The summed E-state index contributed by atoms with van der Waals surface area (Å²) in [6.45, 7) is 13.7. The van der Waals surface area contributed by atoms with Crippen LogP contribution in [0.4, 0.5) is 11.4 Å². The third-order valence-corrected chi connectivity index (χ3v) is 11.3. The van der Waals surface area contributed by atoms with Crippen LogP contribution < -0.4 is 15.1 Å². The predicted octanol–water partition coefficient (Wildman–Crippen LogP) is 4.94. The van der Waals surface area contributed by atoms with E-state index in [9.17, 15) is 24.3 Å². The Bertz CT molecular complexity index is 1590. The van der Waals surface area contributed by atoms with Crippen LogP contribution >= 0.6 is 15.9 Å². The van der Waals surface area contributed by atoms with Crippen molar-refractivity contribution in [1.82, 2.24) is 10.2 Å². The van der Waals surface area contributed by atoms with Crippen LogP contribution in [0.3, 0.4) is 0 Å². The van der Waals surface area contributed by atoms with Crippen LogP contribution in [-0.2, 0) is 28.7 Å². The van der Waals surface area contributed by atoms with Crippen molar-refractivity contribution < 1.29 is 33.8 Å². The zero-order valence-corrected chi connectivity index (χ0v) is 31.7. The van der Waals surface area contributed by atoms with Crippen molar-refractivity contribution >= 4 is 51.0 Å². The van der Waals surface area contributed by atoms with Crippen LogP contribution in [0.2, 0.25) is 0 Å². The number of carbonyl (C=O) groups excluding carboxylic acids is 4. The van der Waals surface area contributed by atoms with Crippen molar-refractivity contribution in [2.45, 2.75) is 74.6 Å². The van der Waals surface area contributed by atoms with Crippen molar-refractivity contribution in [2.24, 2.45) is 11.8 Å². The van der Waals surface area contributed by atoms with Gasteiger partial charge in [-0.3, -0.25) is 19.2 Å². The molecule has 3 fully saturated rings. The second-order valence-electron chi connectivity index (χ2n) is 13.5. The third kappa shape index (κ3) is 7.84. The Balaban J connectivity index is 1.47. The number of anilines is 2. The highest BCUT2D eigenvalue weighted by Gasteiger charge is 2.76. The predicted molar refractivity (Wildman–Crippen MR) is 204 cm³/mol. The van der Waals surface area contributed by atoms with Gasteiger partial charge in [-0.05, 0) is 69.4 Å². The van der Waals surface area contributed by atoms with Crippen LogP contribution in [-0.4, -0.2) is 95.7 Å². The highest BCUT2D eigenvalue weighted by molar-refractivity contribution is 9.09. The average Bonchev–Trinajstić information content (AvgIpc) is 3.75. The highest BCUT2D eigenvalue weighted by Crippen LogP contribution is 2.60. The van der Waals surface area contributed by atoms with Crippen molar-refractivity contribution in [3.63, 3.8) is 0 Å². The summed E-state index contributed by atoms with van der Waals surface area (Å²) in [5.41, 5.74) is 1.17. The van der Waals surface area contributed by atoms with Crippen LogP contribution in [0.15, 0.2) is 79.9 Å². The molecule has 52 heavy (non-hydrogen) atoms. The molecular weight excluding hydrogens is 728 g/mol. The standard InChI is InChI=1S/C40H51BrN4O7/c1-5-9-17-32(47)51-26-31(27-15-11-10-12-16-27)42-37(48)33-34-38(49)45(23-13-14-24-46)36(40(34)25-30(41)35(33)52-40)39(50)44(22-6-2)29-20-18-28(19-21-29)43(7-3)8-4/h5-6,10-12,15-16,18-21,30-31,33-36,46H,1-2,7-9,13-14,17,22-26H2,3-4H3,(H,42,48)/t30?,31-,33-,34+,35-,36-,40+/m1/s1. The number of aliphatic hydroxyl groups excluding tert-OH is 1. The van der Waals surface area contributed by atoms with E-state index in [0.717, 1.165) is 24.3 Å². The van der Waals surface area contributed by atoms with Gasteiger partial charge in [0, 0.05) is 55.4 Å². The van der Waals surface area contributed by atoms with Crippen LogP contribution in [0.1, 0.15) is 57.6 Å². The number of carbonyl (C=O) groups is 4. The first kappa shape index (κ1) is 39.2. The van der Waals surface area contributed by atoms with Gasteiger partial charge in [0.2, 0.25) is 11.8 Å². The molecular formula is C40H51BrN4O7. The number of ether oxygens (including phenoxy) is 2. The molecule has 0 radical (unpaired) electrons. The molecule has 3 aliphatic rings. The molecule has 0 aromatic heterocycles. The summed E-state index contributed by atoms with van der Waals surface area (Å²) in [5.74, 6) is -3.28. The summed E-state index contributed by atoms with van der Waals surface area (Å²) in [6, 6.07) is 15.3. The number of amides is 3. The maximum atomic E-state index is 14.9. The number of allylic oxidation sites excluding steroid dienone is 1. The van der Waals surface area contributed by atoms with Gasteiger partial charge in [-0.15, -0.1) is 13.2 Å². The molecule has 1 unspecified atom stereocenters. The fourth-order valence-electron chi connectivity index (χ4n) is 8.02. The quantitative estimate of drug-likeness (QED) is 0.0889. The van der Waals surface area contributed by atoms with E-state index in [1.54, 1.807) is 22.0 Å². The highest BCUT2D eigenvalue weighted by atomic mass is 79.9. The second kappa shape index (κ2) is 17.7. The first-order valence-electron chi connectivity index (χ1n) is 18.3. The summed E-state index contributed by atoms with van der Waals surface area (Å²) in [7, 11) is 0. The molecule has 0 saturated carbocycles. The van der Waals surface area contributed by atoms with Gasteiger partial charge in [0.15, 0.2) is 0 Å². The van der Waals surface area contributed by atoms with E-state index in [2.05, 4.69) is 53.2 Å². The Morgan fingerprint density at radius 2 is 1.77 bits per heavy atom. The third-order valence-electron chi connectivity index (χ3n) is 10.5. The van der Waals surface area contributed by atoms with Crippen molar-refractivity contribution in [2.75, 3.05) is 49.2 Å². The molecule has 2 N–H and O–H groups in total. The van der Waals surface area contributed by atoms with E-state index >= 15 is 0 Å². The zero-order valence-electron chi connectivity index (χ0n) is 30.1. The maximum absolute atomic E-state index is 14.9. The lowest BCUT2D eigenvalue weighted by atomic mass is 9.70. The number of alkyl halides is 1. The monoisotopic (exact) mass is 778 g/mol. The van der Waals surface area contributed by atoms with Crippen molar-refractivity contribution in [3.8, 4) is 0 Å². The molecule has 2 aromatic carbocycles. The number of aliphatic hydroxyl groups is 1. The number of fused-ring (bicyclic) bond motifs is 1. The molecule has 2 bridgehead atoms. The fraction of sp³-hybridized carbons (Fsp3) is 0.500. The number of hydrogen-bond acceptors (Lipinski definition) is 8. The summed E-state index contributed by atoms with van der Waals surface area (Å²) in [6.07, 6.45) is 4.55. The summed E-state index contributed by atoms with van der Waals surface area (Å²) < 4.78 is 12.3.